The number of rotatable bonds is 0. The van der Waals surface area contributed by atoms with E-state index in [2.05, 4.69) is 0 Å². The van der Waals surface area contributed by atoms with Gasteiger partial charge in [-0.15, -0.1) is 0 Å². The van der Waals surface area contributed by atoms with Gasteiger partial charge in [0.1, 0.15) is 0 Å². The van der Waals surface area contributed by atoms with Crippen LogP contribution in [0.5, 0.6) is 0 Å². The minimum absolute atomic E-state index is 0. The van der Waals surface area contributed by atoms with Gasteiger partial charge in [-0.1, -0.05) is 0 Å². The van der Waals surface area contributed by atoms with Crippen molar-refractivity contribution in [3.63, 3.8) is 0 Å². The minimum atomic E-state index is -4.64. The van der Waals surface area contributed by atoms with Crippen LogP contribution in [0.2, 0.25) is 0 Å². The quantitative estimate of drug-likeness (QED) is 0.277. The SMILES string of the molecule is O=P(O)(O)O.P.[SiH4]. The molecule has 3 N–H and O–H groups in total. The summed E-state index contributed by atoms with van der Waals surface area (Å²) < 4.78 is 8.88. The molecule has 48 valence electrons. The lowest BCUT2D eigenvalue weighted by Crippen LogP contribution is -1.66. The average Bonchev–Trinajstić information content (AvgIpc) is 0.722. The summed E-state index contributed by atoms with van der Waals surface area (Å²) in [6.07, 6.45) is 0. The van der Waals surface area contributed by atoms with Crippen LogP contribution in [0.4, 0.5) is 0 Å². The summed E-state index contributed by atoms with van der Waals surface area (Å²) in [5.74, 6) is 0. The first kappa shape index (κ1) is 15.7. The van der Waals surface area contributed by atoms with Gasteiger partial charge >= 0.3 is 7.82 Å². The largest absolute Gasteiger partial charge is 0.466 e. The Labute approximate surface area is 48.8 Å². The molecule has 1 atom stereocenters. The van der Waals surface area contributed by atoms with E-state index in [1.807, 2.05) is 0 Å². The molecule has 0 heterocycles. The Hall–Kier alpha value is 0.757. The molecule has 0 spiro atoms. The van der Waals surface area contributed by atoms with Crippen LogP contribution in [0.3, 0.4) is 0 Å². The molecule has 0 aromatic rings. The Morgan fingerprint density at radius 1 is 1.14 bits per heavy atom. The minimum Gasteiger partial charge on any atom is -0.303 e. The highest BCUT2D eigenvalue weighted by atomic mass is 31.2. The maximum absolute atomic E-state index is 8.88. The third-order valence-electron chi connectivity index (χ3n) is 0. The predicted molar refractivity (Wildman–Crippen MR) is 36.7 cm³/mol. The summed E-state index contributed by atoms with van der Waals surface area (Å²) in [5, 5.41) is 0. The third-order valence-corrected chi connectivity index (χ3v) is 0. The van der Waals surface area contributed by atoms with Crippen molar-refractivity contribution in [2.45, 2.75) is 0 Å². The first-order chi connectivity index (χ1) is 2.00. The fraction of sp³-hybridized carbons (Fsp3) is 0. The molecule has 0 amide bonds. The van der Waals surface area contributed by atoms with E-state index in [9.17, 15) is 0 Å². The van der Waals surface area contributed by atoms with Gasteiger partial charge in [0.25, 0.3) is 0 Å². The molecular formula is H10O4P2Si. The van der Waals surface area contributed by atoms with E-state index in [-0.39, 0.29) is 20.9 Å². The summed E-state index contributed by atoms with van der Waals surface area (Å²) in [5.41, 5.74) is 0. The van der Waals surface area contributed by atoms with Crippen molar-refractivity contribution in [1.82, 2.24) is 0 Å². The second-order valence-corrected chi connectivity index (χ2v) is 1.54. The average molecular weight is 164 g/mol. The molecule has 0 bridgehead atoms. The van der Waals surface area contributed by atoms with E-state index in [1.54, 1.807) is 0 Å². The predicted octanol–water partition coefficient (Wildman–Crippen LogP) is -2.32. The molecule has 0 aromatic heterocycles. The highest BCUT2D eigenvalue weighted by Gasteiger charge is 2.00. The maximum atomic E-state index is 8.88. The van der Waals surface area contributed by atoms with Crippen LogP contribution in [0.25, 0.3) is 0 Å². The standard InChI is InChI=1S/H3O4P.H3P.H4Si/c1-5(2,3)4;;/h(H3,1,2,3,4);1H3;1H4. The normalized spacial score (nSPS) is 8.43. The molecule has 0 aliphatic heterocycles. The third kappa shape index (κ3) is 267. The van der Waals surface area contributed by atoms with Gasteiger partial charge in [-0.2, -0.15) is 9.90 Å². The van der Waals surface area contributed by atoms with Crippen molar-refractivity contribution >= 4 is 28.7 Å². The zero-order valence-corrected chi connectivity index (χ0v) is 5.21. The molecule has 0 radical (unpaired) electrons. The van der Waals surface area contributed by atoms with Crippen LogP contribution in [0.1, 0.15) is 0 Å². The smallest absolute Gasteiger partial charge is 0.303 e. The molecule has 0 aromatic carbocycles. The van der Waals surface area contributed by atoms with Gasteiger partial charge in [0.15, 0.2) is 0 Å². The van der Waals surface area contributed by atoms with Gasteiger partial charge in [-0.3, -0.25) is 0 Å². The van der Waals surface area contributed by atoms with Gasteiger partial charge in [0.2, 0.25) is 0 Å². The topological polar surface area (TPSA) is 77.8 Å². The fourth-order valence-corrected chi connectivity index (χ4v) is 0. The van der Waals surface area contributed by atoms with Crippen LogP contribution in [0.15, 0.2) is 0 Å². The number of phosphoric acid groups is 1. The van der Waals surface area contributed by atoms with Gasteiger partial charge in [0.05, 0.1) is 0 Å². The van der Waals surface area contributed by atoms with Gasteiger partial charge in [-0.05, 0) is 11.0 Å². The van der Waals surface area contributed by atoms with Crippen LogP contribution in [0, 0.1) is 0 Å². The molecule has 7 heteroatoms. The van der Waals surface area contributed by atoms with Crippen molar-refractivity contribution in [3.8, 4) is 0 Å². The van der Waals surface area contributed by atoms with Crippen molar-refractivity contribution in [1.29, 1.82) is 0 Å². The summed E-state index contributed by atoms with van der Waals surface area (Å²) >= 11 is 0. The molecule has 0 rings (SSSR count). The fourth-order valence-electron chi connectivity index (χ4n) is 0. The molecule has 7 heavy (non-hydrogen) atoms. The second-order valence-electron chi connectivity index (χ2n) is 0.513. The van der Waals surface area contributed by atoms with Crippen LogP contribution in [-0.2, 0) is 4.57 Å². The Kier molecular flexibility index (Phi) is 11.0. The molecule has 0 fully saturated rings. The molecule has 0 aliphatic carbocycles. The lowest BCUT2D eigenvalue weighted by atomic mass is 15.8. The Balaban J connectivity index is -0.0000000800. The van der Waals surface area contributed by atoms with E-state index in [0.29, 0.717) is 0 Å². The van der Waals surface area contributed by atoms with E-state index in [0.717, 1.165) is 0 Å². The van der Waals surface area contributed by atoms with Gasteiger partial charge in [-0.25, -0.2) is 4.57 Å². The van der Waals surface area contributed by atoms with Crippen molar-refractivity contribution in [3.05, 3.63) is 0 Å². The van der Waals surface area contributed by atoms with Crippen LogP contribution in [-0.4, -0.2) is 25.6 Å². The molecule has 4 nitrogen and oxygen atoms in total. The summed E-state index contributed by atoms with van der Waals surface area (Å²) in [7, 11) is -4.64. The highest BCUT2D eigenvalue weighted by molar-refractivity contribution is 7.45. The van der Waals surface area contributed by atoms with Crippen molar-refractivity contribution < 1.29 is 19.2 Å². The number of hydrogen-bond acceptors (Lipinski definition) is 1. The Bertz CT molecular complexity index is 55.8. The first-order valence-corrected chi connectivity index (χ1v) is 2.35. The number of hydrogen-bond donors (Lipinski definition) is 3. The molecule has 1 unspecified atom stereocenters. The van der Waals surface area contributed by atoms with Crippen LogP contribution < -0.4 is 0 Å². The summed E-state index contributed by atoms with van der Waals surface area (Å²) in [6.45, 7) is 0. The van der Waals surface area contributed by atoms with Gasteiger partial charge < -0.3 is 14.7 Å². The lowest BCUT2D eigenvalue weighted by molar-refractivity contribution is 0.275. The van der Waals surface area contributed by atoms with E-state index >= 15 is 0 Å². The lowest BCUT2D eigenvalue weighted by Gasteiger charge is -1.82. The zero-order chi connectivity index (χ0) is 4.50. The van der Waals surface area contributed by atoms with E-state index in [1.165, 1.54) is 0 Å². The Morgan fingerprint density at radius 3 is 1.14 bits per heavy atom. The van der Waals surface area contributed by atoms with Crippen molar-refractivity contribution in [2.24, 2.45) is 0 Å². The van der Waals surface area contributed by atoms with E-state index < -0.39 is 7.82 Å². The zero-order valence-electron chi connectivity index (χ0n) is 2.90. The highest BCUT2D eigenvalue weighted by Crippen LogP contribution is 2.25. The first-order valence-electron chi connectivity index (χ1n) is 0.783. The summed E-state index contributed by atoms with van der Waals surface area (Å²) in [6, 6.07) is 0. The van der Waals surface area contributed by atoms with Crippen molar-refractivity contribution in [2.75, 3.05) is 0 Å². The maximum Gasteiger partial charge on any atom is 0.466 e. The molecule has 0 saturated carbocycles. The second kappa shape index (κ2) is 4.90. The monoisotopic (exact) mass is 164 g/mol. The Morgan fingerprint density at radius 2 is 1.14 bits per heavy atom. The van der Waals surface area contributed by atoms with Crippen LogP contribution >= 0.6 is 17.7 Å². The molecule has 0 aliphatic rings. The molecule has 0 saturated heterocycles. The van der Waals surface area contributed by atoms with Gasteiger partial charge in [0, 0.05) is 0 Å². The molecular weight excluding hydrogens is 154 g/mol. The van der Waals surface area contributed by atoms with E-state index in [4.69, 9.17) is 19.2 Å². The summed E-state index contributed by atoms with van der Waals surface area (Å²) in [4.78, 5) is 21.6.